The van der Waals surface area contributed by atoms with Gasteiger partial charge in [-0.2, -0.15) is 0 Å². The highest BCUT2D eigenvalue weighted by Gasteiger charge is 2.31. The Labute approximate surface area is 191 Å². The fourth-order valence-corrected chi connectivity index (χ4v) is 7.28. The van der Waals surface area contributed by atoms with Crippen LogP contribution in [0.2, 0.25) is 0 Å². The van der Waals surface area contributed by atoms with E-state index in [1.165, 1.54) is 30.8 Å². The summed E-state index contributed by atoms with van der Waals surface area (Å²) in [5, 5.41) is 10.2. The molecule has 1 fully saturated rings. The number of hydrogen-bond acceptors (Lipinski definition) is 7. The molecule has 1 aliphatic rings. The topological polar surface area (TPSA) is 124 Å². The fourth-order valence-electron chi connectivity index (χ4n) is 4.83. The van der Waals surface area contributed by atoms with Crippen molar-refractivity contribution < 1.29 is 21.9 Å². The highest BCUT2D eigenvalue weighted by atomic mass is 32.2. The molecular formula is C22H24N4O5S2. The van der Waals surface area contributed by atoms with Gasteiger partial charge in [0, 0.05) is 23.9 Å². The molecule has 0 amide bonds. The first-order chi connectivity index (χ1) is 15.7. The van der Waals surface area contributed by atoms with Crippen molar-refractivity contribution in [2.45, 2.75) is 48.5 Å². The van der Waals surface area contributed by atoms with E-state index in [4.69, 9.17) is 0 Å². The summed E-state index contributed by atoms with van der Waals surface area (Å²) in [6.07, 6.45) is 6.60. The molecule has 1 N–H and O–H groups in total. The van der Waals surface area contributed by atoms with Crippen molar-refractivity contribution in [2.75, 3.05) is 6.26 Å². The van der Waals surface area contributed by atoms with Gasteiger partial charge < -0.3 is 9.67 Å². The molecule has 0 saturated heterocycles. The highest BCUT2D eigenvalue weighted by Crippen LogP contribution is 2.37. The van der Waals surface area contributed by atoms with E-state index >= 15 is 0 Å². The smallest absolute Gasteiger partial charge is 0.269 e. The Bertz CT molecular complexity index is 1550. The maximum absolute atomic E-state index is 13.2. The van der Waals surface area contributed by atoms with Gasteiger partial charge in [-0.3, -0.25) is 0 Å². The van der Waals surface area contributed by atoms with Gasteiger partial charge in [0.2, 0.25) is 0 Å². The molecule has 3 aromatic heterocycles. The third kappa shape index (κ3) is 3.64. The molecule has 1 aromatic carbocycles. The van der Waals surface area contributed by atoms with Crippen LogP contribution in [-0.2, 0) is 26.5 Å². The quantitative estimate of drug-likeness (QED) is 0.458. The number of sulfone groups is 1. The summed E-state index contributed by atoms with van der Waals surface area (Å²) in [6, 6.07) is 9.81. The molecular weight excluding hydrogens is 464 g/mol. The summed E-state index contributed by atoms with van der Waals surface area (Å²) in [5.41, 5.74) is 1.54. The van der Waals surface area contributed by atoms with Crippen LogP contribution in [0.25, 0.3) is 22.1 Å². The monoisotopic (exact) mass is 488 g/mol. The van der Waals surface area contributed by atoms with Crippen molar-refractivity contribution in [1.82, 2.24) is 18.5 Å². The molecule has 0 atom stereocenters. The Morgan fingerprint density at radius 3 is 2.36 bits per heavy atom. The lowest BCUT2D eigenvalue weighted by Crippen LogP contribution is -2.28. The molecule has 0 aliphatic heterocycles. The minimum absolute atomic E-state index is 0.0465. The number of hydrogen-bond donors (Lipinski definition) is 1. The second-order valence-corrected chi connectivity index (χ2v) is 12.6. The number of imidazole rings is 1. The molecule has 0 unspecified atom stereocenters. The Balaban J connectivity index is 1.65. The number of aromatic nitrogens is 4. The summed E-state index contributed by atoms with van der Waals surface area (Å²) < 4.78 is 53.5. The van der Waals surface area contributed by atoms with Gasteiger partial charge in [-0.1, -0.05) is 18.2 Å². The van der Waals surface area contributed by atoms with Gasteiger partial charge in [-0.05, 0) is 43.9 Å². The molecule has 0 bridgehead atoms. The van der Waals surface area contributed by atoms with Crippen LogP contribution in [0.3, 0.4) is 0 Å². The van der Waals surface area contributed by atoms with Crippen molar-refractivity contribution in [2.24, 2.45) is 0 Å². The number of benzene rings is 1. The number of nitrogens with zero attached hydrogens (tertiary/aromatic N) is 4. The van der Waals surface area contributed by atoms with Gasteiger partial charge in [-0.15, -0.1) is 0 Å². The molecule has 1 aliphatic carbocycles. The van der Waals surface area contributed by atoms with Crippen molar-refractivity contribution in [3.63, 3.8) is 0 Å². The Hall–Kier alpha value is -2.76. The molecule has 0 spiro atoms. The largest absolute Gasteiger partial charge is 0.388 e. The van der Waals surface area contributed by atoms with Crippen LogP contribution in [0.1, 0.15) is 37.5 Å². The second kappa shape index (κ2) is 7.93. The summed E-state index contributed by atoms with van der Waals surface area (Å²) in [7, 11) is -6.95. The third-order valence-electron chi connectivity index (χ3n) is 6.46. The van der Waals surface area contributed by atoms with Crippen molar-refractivity contribution >= 4 is 41.9 Å². The average Bonchev–Trinajstić information content (AvgIpc) is 3.40. The van der Waals surface area contributed by atoms with Crippen LogP contribution in [0.5, 0.6) is 0 Å². The minimum atomic E-state index is -3.84. The average molecular weight is 489 g/mol. The van der Waals surface area contributed by atoms with Crippen LogP contribution in [0, 0.1) is 0 Å². The van der Waals surface area contributed by atoms with Crippen molar-refractivity contribution in [1.29, 1.82) is 0 Å². The lowest BCUT2D eigenvalue weighted by molar-refractivity contribution is 0.253. The number of rotatable bonds is 5. The van der Waals surface area contributed by atoms with Crippen LogP contribution in [0.15, 0.2) is 53.7 Å². The van der Waals surface area contributed by atoms with Gasteiger partial charge in [-0.25, -0.2) is 30.8 Å². The standard InChI is InChI=1S/C22H24N4O5S2/c1-32(28,29)16-9-7-15(8-10-16)26-20(14-27)24-19-13-23-22-18(21(19)26)11-12-25(22)33(30,31)17-5-3-2-4-6-17/h2-6,11-13,15-16,27H,7-10,14H2,1H3. The van der Waals surface area contributed by atoms with E-state index in [1.54, 1.807) is 24.3 Å². The van der Waals surface area contributed by atoms with Gasteiger partial charge in [0.25, 0.3) is 10.0 Å². The lowest BCUT2D eigenvalue weighted by Gasteiger charge is -2.29. The maximum Gasteiger partial charge on any atom is 0.269 e. The Kier molecular flexibility index (Phi) is 5.30. The Morgan fingerprint density at radius 1 is 1.03 bits per heavy atom. The molecule has 9 nitrogen and oxygen atoms in total. The Morgan fingerprint density at radius 2 is 1.73 bits per heavy atom. The van der Waals surface area contributed by atoms with E-state index < -0.39 is 19.9 Å². The molecule has 174 valence electrons. The summed E-state index contributed by atoms with van der Waals surface area (Å²) >= 11 is 0. The molecule has 3 heterocycles. The first-order valence-electron chi connectivity index (χ1n) is 10.7. The lowest BCUT2D eigenvalue weighted by atomic mass is 9.94. The molecule has 0 radical (unpaired) electrons. The van der Waals surface area contributed by atoms with E-state index in [9.17, 15) is 21.9 Å². The van der Waals surface area contributed by atoms with E-state index in [-0.39, 0.29) is 28.4 Å². The van der Waals surface area contributed by atoms with Crippen molar-refractivity contribution in [3.05, 3.63) is 54.6 Å². The molecule has 5 rings (SSSR count). The number of fused-ring (bicyclic) bond motifs is 3. The highest BCUT2D eigenvalue weighted by molar-refractivity contribution is 7.91. The number of aliphatic hydroxyl groups excluding tert-OH is 1. The van der Waals surface area contributed by atoms with E-state index in [0.717, 1.165) is 3.97 Å². The maximum atomic E-state index is 13.2. The van der Waals surface area contributed by atoms with E-state index in [0.29, 0.717) is 47.9 Å². The van der Waals surface area contributed by atoms with Crippen LogP contribution in [-0.4, -0.2) is 52.0 Å². The zero-order valence-corrected chi connectivity index (χ0v) is 19.6. The van der Waals surface area contributed by atoms with Crippen LogP contribution >= 0.6 is 0 Å². The van der Waals surface area contributed by atoms with Gasteiger partial charge in [0.05, 0.1) is 21.9 Å². The van der Waals surface area contributed by atoms with Gasteiger partial charge >= 0.3 is 0 Å². The van der Waals surface area contributed by atoms with Gasteiger partial charge in [0.1, 0.15) is 27.8 Å². The number of pyridine rings is 1. The van der Waals surface area contributed by atoms with Gasteiger partial charge in [0.15, 0.2) is 5.65 Å². The molecule has 4 aromatic rings. The van der Waals surface area contributed by atoms with E-state index in [2.05, 4.69) is 9.97 Å². The zero-order valence-electron chi connectivity index (χ0n) is 18.0. The minimum Gasteiger partial charge on any atom is -0.388 e. The van der Waals surface area contributed by atoms with E-state index in [1.807, 2.05) is 4.57 Å². The normalized spacial score (nSPS) is 19.9. The molecule has 33 heavy (non-hydrogen) atoms. The number of aliphatic hydroxyl groups is 1. The predicted molar refractivity (Wildman–Crippen MR) is 124 cm³/mol. The summed E-state index contributed by atoms with van der Waals surface area (Å²) in [5.74, 6) is 0.459. The van der Waals surface area contributed by atoms with Crippen LogP contribution < -0.4 is 0 Å². The summed E-state index contributed by atoms with van der Waals surface area (Å²) in [6.45, 7) is -0.287. The third-order valence-corrected chi connectivity index (χ3v) is 9.82. The zero-order chi connectivity index (χ0) is 23.4. The predicted octanol–water partition coefficient (Wildman–Crippen LogP) is 2.64. The molecule has 1 saturated carbocycles. The summed E-state index contributed by atoms with van der Waals surface area (Å²) in [4.78, 5) is 9.07. The first kappa shape index (κ1) is 22.1. The van der Waals surface area contributed by atoms with Crippen molar-refractivity contribution in [3.8, 4) is 0 Å². The second-order valence-electron chi connectivity index (χ2n) is 8.48. The first-order valence-corrected chi connectivity index (χ1v) is 14.1. The molecule has 11 heteroatoms. The SMILES string of the molecule is CS(=O)(=O)C1CCC(n2c(CO)nc3cnc4c(ccn4S(=O)(=O)c4ccccc4)c32)CC1. The fraction of sp³-hybridized carbons (Fsp3) is 0.364. The van der Waals surface area contributed by atoms with Crippen LogP contribution in [0.4, 0.5) is 0 Å².